The number of aryl methyl sites for hydroxylation is 2. The summed E-state index contributed by atoms with van der Waals surface area (Å²) in [5, 5.41) is 14.6. The summed E-state index contributed by atoms with van der Waals surface area (Å²) in [5.41, 5.74) is 3.22. The average Bonchev–Trinajstić information content (AvgIpc) is 2.75. The molecule has 20 heavy (non-hydrogen) atoms. The number of aliphatic hydroxyl groups is 1. The SMILES string of the molecule is Cc1cc(CN(C)CC[C@H](O)c2ccccc2)nn1C. The van der Waals surface area contributed by atoms with Crippen molar-refractivity contribution in [2.75, 3.05) is 13.6 Å². The molecule has 0 unspecified atom stereocenters. The predicted octanol–water partition coefficient (Wildman–Crippen LogP) is 2.28. The summed E-state index contributed by atoms with van der Waals surface area (Å²) >= 11 is 0. The van der Waals surface area contributed by atoms with E-state index >= 15 is 0 Å². The van der Waals surface area contributed by atoms with Crippen LogP contribution in [-0.2, 0) is 13.6 Å². The van der Waals surface area contributed by atoms with Crippen molar-refractivity contribution in [2.45, 2.75) is 26.0 Å². The van der Waals surface area contributed by atoms with Gasteiger partial charge in [-0.2, -0.15) is 5.10 Å². The smallest absolute Gasteiger partial charge is 0.0802 e. The lowest BCUT2D eigenvalue weighted by molar-refractivity contribution is 0.147. The van der Waals surface area contributed by atoms with Crippen molar-refractivity contribution in [3.05, 3.63) is 53.3 Å². The van der Waals surface area contributed by atoms with Crippen LogP contribution in [0.2, 0.25) is 0 Å². The molecule has 2 aromatic rings. The Morgan fingerprint density at radius 1 is 1.30 bits per heavy atom. The second kappa shape index (κ2) is 6.68. The van der Waals surface area contributed by atoms with E-state index in [2.05, 4.69) is 30.0 Å². The average molecular weight is 273 g/mol. The Bertz CT molecular complexity index is 516. The molecular formula is C16H23N3O. The highest BCUT2D eigenvalue weighted by atomic mass is 16.3. The van der Waals surface area contributed by atoms with E-state index in [9.17, 15) is 5.11 Å². The summed E-state index contributed by atoms with van der Waals surface area (Å²) in [7, 11) is 4.01. The molecule has 0 aliphatic carbocycles. The third-order valence-electron chi connectivity index (χ3n) is 3.56. The normalized spacial score (nSPS) is 12.8. The maximum Gasteiger partial charge on any atom is 0.0802 e. The molecule has 1 aromatic carbocycles. The fourth-order valence-electron chi connectivity index (χ4n) is 2.25. The Kier molecular flexibility index (Phi) is 4.93. The van der Waals surface area contributed by atoms with Gasteiger partial charge < -0.3 is 10.0 Å². The monoisotopic (exact) mass is 273 g/mol. The Labute approximate surface area is 120 Å². The molecule has 4 heteroatoms. The Morgan fingerprint density at radius 2 is 2.00 bits per heavy atom. The van der Waals surface area contributed by atoms with Crippen molar-refractivity contribution < 1.29 is 5.11 Å². The minimum atomic E-state index is -0.399. The third kappa shape index (κ3) is 3.92. The van der Waals surface area contributed by atoms with Gasteiger partial charge in [-0.3, -0.25) is 4.68 Å². The minimum absolute atomic E-state index is 0.399. The van der Waals surface area contributed by atoms with Crippen LogP contribution >= 0.6 is 0 Å². The summed E-state index contributed by atoms with van der Waals surface area (Å²) in [5.74, 6) is 0. The standard InChI is InChI=1S/C16H23N3O/c1-13-11-15(17-19(13)3)12-18(2)10-9-16(20)14-7-5-4-6-8-14/h4-8,11,16,20H,9-10,12H2,1-3H3/t16-/m0/s1. The quantitative estimate of drug-likeness (QED) is 0.878. The Morgan fingerprint density at radius 3 is 2.60 bits per heavy atom. The van der Waals surface area contributed by atoms with Crippen molar-refractivity contribution >= 4 is 0 Å². The van der Waals surface area contributed by atoms with Crippen LogP contribution in [0, 0.1) is 6.92 Å². The van der Waals surface area contributed by atoms with Crippen LogP contribution in [0.25, 0.3) is 0 Å². The number of nitrogens with zero attached hydrogens (tertiary/aromatic N) is 3. The first-order chi connectivity index (χ1) is 9.56. The number of aliphatic hydroxyl groups excluding tert-OH is 1. The largest absolute Gasteiger partial charge is 0.388 e. The molecule has 0 fully saturated rings. The highest BCUT2D eigenvalue weighted by Gasteiger charge is 2.10. The first kappa shape index (κ1) is 14.8. The van der Waals surface area contributed by atoms with E-state index in [0.717, 1.165) is 36.5 Å². The number of hydrogen-bond acceptors (Lipinski definition) is 3. The number of hydrogen-bond donors (Lipinski definition) is 1. The van der Waals surface area contributed by atoms with Gasteiger partial charge in [0.25, 0.3) is 0 Å². The van der Waals surface area contributed by atoms with Crippen LogP contribution < -0.4 is 0 Å². The topological polar surface area (TPSA) is 41.3 Å². The molecule has 0 radical (unpaired) electrons. The molecule has 4 nitrogen and oxygen atoms in total. The van der Waals surface area contributed by atoms with Crippen LogP contribution in [0.3, 0.4) is 0 Å². The maximum absolute atomic E-state index is 10.1. The lowest BCUT2D eigenvalue weighted by Crippen LogP contribution is -2.21. The van der Waals surface area contributed by atoms with Gasteiger partial charge in [0.05, 0.1) is 11.8 Å². The van der Waals surface area contributed by atoms with Crippen molar-refractivity contribution in [3.63, 3.8) is 0 Å². The number of aromatic nitrogens is 2. The third-order valence-corrected chi connectivity index (χ3v) is 3.56. The molecule has 0 aliphatic heterocycles. The van der Waals surface area contributed by atoms with Crippen molar-refractivity contribution in [2.24, 2.45) is 7.05 Å². The van der Waals surface area contributed by atoms with E-state index < -0.39 is 6.10 Å². The summed E-state index contributed by atoms with van der Waals surface area (Å²) in [6.07, 6.45) is 0.330. The maximum atomic E-state index is 10.1. The van der Waals surface area contributed by atoms with E-state index in [-0.39, 0.29) is 0 Å². The molecular weight excluding hydrogens is 250 g/mol. The predicted molar refractivity (Wildman–Crippen MR) is 80.3 cm³/mol. The lowest BCUT2D eigenvalue weighted by atomic mass is 10.1. The zero-order valence-corrected chi connectivity index (χ0v) is 12.5. The molecule has 1 heterocycles. The van der Waals surface area contributed by atoms with Crippen LogP contribution in [0.5, 0.6) is 0 Å². The first-order valence-corrected chi connectivity index (χ1v) is 6.97. The summed E-state index contributed by atoms with van der Waals surface area (Å²) in [6.45, 7) is 3.70. The Hall–Kier alpha value is -1.65. The van der Waals surface area contributed by atoms with Crippen molar-refractivity contribution in [1.29, 1.82) is 0 Å². The molecule has 0 spiro atoms. The highest BCUT2D eigenvalue weighted by molar-refractivity contribution is 5.17. The van der Waals surface area contributed by atoms with Gasteiger partial charge >= 0.3 is 0 Å². The van der Waals surface area contributed by atoms with Gasteiger partial charge in [-0.25, -0.2) is 0 Å². The van der Waals surface area contributed by atoms with Gasteiger partial charge in [0, 0.05) is 25.8 Å². The summed E-state index contributed by atoms with van der Waals surface area (Å²) < 4.78 is 1.89. The number of rotatable bonds is 6. The Balaban J connectivity index is 1.81. The molecule has 1 aromatic heterocycles. The molecule has 2 rings (SSSR count). The van der Waals surface area contributed by atoms with E-state index in [1.54, 1.807) is 0 Å². The van der Waals surface area contributed by atoms with Crippen molar-refractivity contribution in [1.82, 2.24) is 14.7 Å². The van der Waals surface area contributed by atoms with Gasteiger partial charge in [-0.05, 0) is 32.0 Å². The van der Waals surface area contributed by atoms with Crippen molar-refractivity contribution in [3.8, 4) is 0 Å². The molecule has 0 saturated heterocycles. The zero-order chi connectivity index (χ0) is 14.5. The van der Waals surface area contributed by atoms with Gasteiger partial charge in [-0.1, -0.05) is 30.3 Å². The highest BCUT2D eigenvalue weighted by Crippen LogP contribution is 2.16. The second-order valence-corrected chi connectivity index (χ2v) is 5.35. The molecule has 0 aliphatic rings. The van der Waals surface area contributed by atoms with Gasteiger partial charge in [-0.15, -0.1) is 0 Å². The van der Waals surface area contributed by atoms with Gasteiger partial charge in [0.2, 0.25) is 0 Å². The van der Waals surface area contributed by atoms with Gasteiger partial charge in [0.1, 0.15) is 0 Å². The van der Waals surface area contributed by atoms with Crippen LogP contribution in [0.15, 0.2) is 36.4 Å². The van der Waals surface area contributed by atoms with Crippen LogP contribution in [-0.4, -0.2) is 33.4 Å². The number of benzene rings is 1. The molecule has 1 N–H and O–H groups in total. The second-order valence-electron chi connectivity index (χ2n) is 5.35. The van der Waals surface area contributed by atoms with E-state index in [0.29, 0.717) is 0 Å². The van der Waals surface area contributed by atoms with E-state index in [4.69, 9.17) is 0 Å². The zero-order valence-electron chi connectivity index (χ0n) is 12.5. The fourth-order valence-corrected chi connectivity index (χ4v) is 2.25. The lowest BCUT2D eigenvalue weighted by Gasteiger charge is -2.18. The minimum Gasteiger partial charge on any atom is -0.388 e. The van der Waals surface area contributed by atoms with E-state index in [1.165, 1.54) is 0 Å². The fraction of sp³-hybridized carbons (Fsp3) is 0.438. The van der Waals surface area contributed by atoms with Crippen LogP contribution in [0.1, 0.15) is 29.5 Å². The summed E-state index contributed by atoms with van der Waals surface area (Å²) in [4.78, 5) is 2.19. The molecule has 108 valence electrons. The summed E-state index contributed by atoms with van der Waals surface area (Å²) in [6, 6.07) is 11.9. The van der Waals surface area contributed by atoms with Crippen LogP contribution in [0.4, 0.5) is 0 Å². The molecule has 0 bridgehead atoms. The molecule has 0 saturated carbocycles. The molecule has 1 atom stereocenters. The van der Waals surface area contributed by atoms with Gasteiger partial charge in [0.15, 0.2) is 0 Å². The molecule has 0 amide bonds. The first-order valence-electron chi connectivity index (χ1n) is 6.97. The van der Waals surface area contributed by atoms with E-state index in [1.807, 2.05) is 42.1 Å².